The van der Waals surface area contributed by atoms with Gasteiger partial charge in [0.15, 0.2) is 11.9 Å². The molecule has 0 fully saturated rings. The number of carbonyl (C=O) groups excluding carboxylic acids is 10. The van der Waals surface area contributed by atoms with Crippen LogP contribution >= 0.6 is 11.8 Å². The molecule has 90 heavy (non-hydrogen) atoms. The summed E-state index contributed by atoms with van der Waals surface area (Å²) in [6.07, 6.45) is 0.849. The first-order chi connectivity index (χ1) is 42.5. The van der Waals surface area contributed by atoms with Crippen molar-refractivity contribution >= 4 is 88.7 Å². The van der Waals surface area contributed by atoms with Gasteiger partial charge in [-0.25, -0.2) is 0 Å². The van der Waals surface area contributed by atoms with Crippen LogP contribution in [0.3, 0.4) is 0 Å². The smallest absolute Gasteiger partial charge is 0.305 e. The number of nitrogens with one attached hydrogen (secondary N) is 10. The highest BCUT2D eigenvalue weighted by atomic mass is 32.2. The lowest BCUT2D eigenvalue weighted by Gasteiger charge is -2.28. The number of nitrogens with zero attached hydrogens (tertiary/aromatic N) is 2. The highest BCUT2D eigenvalue weighted by Crippen LogP contribution is 2.15. The Labute approximate surface area is 528 Å². The summed E-state index contributed by atoms with van der Waals surface area (Å²) in [5.74, 6) is -11.5. The first-order valence-corrected chi connectivity index (χ1v) is 31.2. The average Bonchev–Trinajstić information content (AvgIpc) is 1.42. The second kappa shape index (κ2) is 43.6. The number of rotatable bonds is 46. The molecule has 1 rings (SSSR count). The molecule has 26 N–H and O–H groups in total. The zero-order valence-electron chi connectivity index (χ0n) is 52.2. The van der Waals surface area contributed by atoms with Gasteiger partial charge < -0.3 is 108 Å². The van der Waals surface area contributed by atoms with Gasteiger partial charge in [-0.15, -0.1) is 0 Å². The summed E-state index contributed by atoms with van der Waals surface area (Å²) in [5.41, 5.74) is 33.6. The number of aliphatic hydroxyl groups is 2. The van der Waals surface area contributed by atoms with Gasteiger partial charge in [-0.2, -0.15) is 11.8 Å². The van der Waals surface area contributed by atoms with E-state index >= 15 is 0 Å². The predicted molar refractivity (Wildman–Crippen MR) is 337 cm³/mol. The van der Waals surface area contributed by atoms with Crippen LogP contribution in [0.15, 0.2) is 34.3 Å². The lowest BCUT2D eigenvalue weighted by atomic mass is 10.0. The largest absolute Gasteiger partial charge is 0.508 e. The quantitative estimate of drug-likeness (QED) is 0.0164. The average molecular weight is 1300 g/mol. The number of likely N-dealkylation sites (N-methyl/N-ethyl adjacent to an activating group) is 1. The third-order valence-corrected chi connectivity index (χ3v) is 14.4. The number of phenols is 1. The molecular weight excluding hydrogens is 1200 g/mol. The van der Waals surface area contributed by atoms with E-state index in [2.05, 4.69) is 63.2 Å². The van der Waals surface area contributed by atoms with Gasteiger partial charge in [0, 0.05) is 19.5 Å². The van der Waals surface area contributed by atoms with E-state index in [-0.39, 0.29) is 107 Å². The van der Waals surface area contributed by atoms with Crippen LogP contribution in [-0.4, -0.2) is 209 Å². The number of guanidine groups is 2. The number of amides is 10. The maximum atomic E-state index is 14.4. The van der Waals surface area contributed by atoms with Crippen molar-refractivity contribution in [3.63, 3.8) is 0 Å². The van der Waals surface area contributed by atoms with E-state index in [4.69, 9.17) is 34.4 Å². The molecule has 0 unspecified atom stereocenters. The van der Waals surface area contributed by atoms with Crippen LogP contribution in [0.25, 0.3) is 0 Å². The van der Waals surface area contributed by atoms with Crippen molar-refractivity contribution in [3.8, 4) is 5.75 Å². The highest BCUT2D eigenvalue weighted by Gasteiger charge is 2.37. The molecule has 0 bridgehead atoms. The summed E-state index contributed by atoms with van der Waals surface area (Å²) in [7, 11) is 1.58. The number of aliphatic hydroxyl groups excluding tert-OH is 2. The second-order valence-corrected chi connectivity index (χ2v) is 22.8. The standard InChI is InChI=1S/C56H98N18O15S/c1-7-8-13-34(45(58)80)66-46(81)36(15-11-23-64-55(59)60)69-51(86)40(27-32-17-19-33(77)20-18-32)71-47(82)35(14-9-10-22-57)68-52(87)41(28-43(78)79)72-54(89)44(31(4)76)74-49(84)38(21-25-90-6)70-53(88)42(29-75)73-48(83)37(16-12-24-65-56(61)62)67-50(85)39(63-5)26-30(2)3/h17-20,30-31,34-42,44,63,75-77H,7-16,21-29,57H2,1-6H3,(H2,58,80)(H,66,81)(H,67,85)(H,68,87)(H,69,86)(H,70,88)(H,71,82)(H,72,89)(H,73,83)(H,74,84)(H,78,79)(H4,59,60,64)(H4,61,62,65)/t31-,34+,35+,36+,37+,38+,39+,40+,41+,42+,44+/m1/s1. The number of hydrogen-bond acceptors (Lipinski definition) is 19. The number of benzene rings is 1. The first kappa shape index (κ1) is 79.9. The normalized spacial score (nSPS) is 14.7. The van der Waals surface area contributed by atoms with Crippen LogP contribution in [0.2, 0.25) is 0 Å². The molecule has 508 valence electrons. The zero-order valence-corrected chi connectivity index (χ0v) is 53.0. The summed E-state index contributed by atoms with van der Waals surface area (Å²) in [6, 6.07) is -9.09. The molecule has 1 aromatic carbocycles. The Kier molecular flexibility index (Phi) is 38.7. The number of aliphatic imine (C=N–C) groups is 2. The summed E-state index contributed by atoms with van der Waals surface area (Å²) in [6.45, 7) is 6.04. The molecule has 0 aromatic heterocycles. The van der Waals surface area contributed by atoms with Crippen molar-refractivity contribution in [2.24, 2.45) is 50.3 Å². The summed E-state index contributed by atoms with van der Waals surface area (Å²) < 4.78 is 0. The van der Waals surface area contributed by atoms with Gasteiger partial charge in [0.05, 0.1) is 25.2 Å². The van der Waals surface area contributed by atoms with Gasteiger partial charge in [0.25, 0.3) is 0 Å². The monoisotopic (exact) mass is 1290 g/mol. The van der Waals surface area contributed by atoms with E-state index in [9.17, 15) is 73.2 Å². The van der Waals surface area contributed by atoms with Crippen LogP contribution < -0.4 is 87.6 Å². The Hall–Kier alpha value is -8.08. The van der Waals surface area contributed by atoms with Crippen molar-refractivity contribution in [2.45, 2.75) is 184 Å². The number of primary amides is 1. The number of aliphatic carboxylic acids is 1. The Bertz CT molecular complexity index is 2540. The summed E-state index contributed by atoms with van der Waals surface area (Å²) in [4.78, 5) is 158. The van der Waals surface area contributed by atoms with E-state index < -0.39 is 145 Å². The Morgan fingerprint density at radius 2 is 0.944 bits per heavy atom. The molecule has 33 nitrogen and oxygen atoms in total. The molecule has 0 aliphatic heterocycles. The zero-order chi connectivity index (χ0) is 68.0. The third kappa shape index (κ3) is 31.9. The van der Waals surface area contributed by atoms with E-state index in [1.165, 1.54) is 36.0 Å². The number of unbranched alkanes of at least 4 members (excludes halogenated alkanes) is 2. The lowest BCUT2D eigenvalue weighted by molar-refractivity contribution is -0.142. The summed E-state index contributed by atoms with van der Waals surface area (Å²) in [5, 5.41) is 66.4. The second-order valence-electron chi connectivity index (χ2n) is 21.8. The molecule has 0 saturated heterocycles. The predicted octanol–water partition coefficient (Wildman–Crippen LogP) is -5.56. The van der Waals surface area contributed by atoms with Gasteiger partial charge >= 0.3 is 5.97 Å². The Balaban J connectivity index is 3.61. The van der Waals surface area contributed by atoms with Gasteiger partial charge in [0.1, 0.15) is 60.1 Å². The molecule has 0 heterocycles. The van der Waals surface area contributed by atoms with Crippen LogP contribution in [0.1, 0.15) is 117 Å². The first-order valence-electron chi connectivity index (χ1n) is 29.8. The number of carbonyl (C=O) groups is 11. The number of thioether (sulfide) groups is 1. The lowest BCUT2D eigenvalue weighted by Crippen LogP contribution is -2.62. The molecule has 0 aliphatic carbocycles. The maximum Gasteiger partial charge on any atom is 0.305 e. The van der Waals surface area contributed by atoms with Crippen molar-refractivity contribution in [1.29, 1.82) is 0 Å². The fraction of sp³-hybridized carbons (Fsp3) is 0.661. The van der Waals surface area contributed by atoms with E-state index in [0.29, 0.717) is 31.2 Å². The SMILES string of the molecule is CCCC[C@H](NC(=O)[C@H](CCCN=C(N)N)NC(=O)[C@H](Cc1ccc(O)cc1)NC(=O)[C@H](CCCCN)NC(=O)[C@H](CC(=O)O)NC(=O)[C@@H](NC(=O)[C@H](CCSC)NC(=O)[C@H](CO)NC(=O)[C@H](CCCN=C(N)N)NC(=O)[C@H](CC(C)C)NC)[C@@H](C)O)C(N)=O. The Morgan fingerprint density at radius 3 is 1.38 bits per heavy atom. The van der Waals surface area contributed by atoms with Gasteiger partial charge in [-0.05, 0) is 120 Å². The molecule has 1 aromatic rings. The van der Waals surface area contributed by atoms with Crippen molar-refractivity contribution in [1.82, 2.24) is 53.2 Å². The van der Waals surface area contributed by atoms with Crippen LogP contribution in [0.4, 0.5) is 0 Å². The number of hydrogen-bond donors (Lipinski definition) is 20. The number of nitrogens with two attached hydrogens (primary N) is 6. The van der Waals surface area contributed by atoms with Crippen molar-refractivity contribution < 1.29 is 73.2 Å². The van der Waals surface area contributed by atoms with Crippen LogP contribution in [0.5, 0.6) is 5.75 Å². The number of carboxylic acid groups (broad SMARTS) is 1. The highest BCUT2D eigenvalue weighted by molar-refractivity contribution is 7.98. The maximum absolute atomic E-state index is 14.4. The van der Waals surface area contributed by atoms with Gasteiger partial charge in [-0.3, -0.25) is 62.7 Å². The fourth-order valence-corrected chi connectivity index (χ4v) is 9.29. The van der Waals surface area contributed by atoms with E-state index in [1.807, 2.05) is 20.8 Å². The van der Waals surface area contributed by atoms with E-state index in [0.717, 1.165) is 6.92 Å². The topological polar surface area (TPSA) is 570 Å². The molecule has 0 saturated carbocycles. The third-order valence-electron chi connectivity index (χ3n) is 13.8. The molecule has 11 atom stereocenters. The minimum absolute atomic E-state index is 0.00454. The van der Waals surface area contributed by atoms with Gasteiger partial charge in [0.2, 0.25) is 59.1 Å². The molecule has 34 heteroatoms. The van der Waals surface area contributed by atoms with Crippen LogP contribution in [-0.2, 0) is 59.2 Å². The Morgan fingerprint density at radius 1 is 0.533 bits per heavy atom. The molecule has 0 aliphatic rings. The molecular formula is C56H98N18O15S. The molecule has 0 radical (unpaired) electrons. The number of phenolic OH excluding ortho intramolecular Hbond substituents is 1. The molecule has 10 amide bonds. The molecule has 0 spiro atoms. The summed E-state index contributed by atoms with van der Waals surface area (Å²) >= 11 is 1.26. The van der Waals surface area contributed by atoms with Crippen molar-refractivity contribution in [3.05, 3.63) is 29.8 Å². The van der Waals surface area contributed by atoms with Crippen LogP contribution in [0, 0.1) is 5.92 Å². The van der Waals surface area contributed by atoms with Gasteiger partial charge in [-0.1, -0.05) is 45.7 Å². The van der Waals surface area contributed by atoms with E-state index in [1.54, 1.807) is 13.3 Å². The minimum atomic E-state index is -2.01. The van der Waals surface area contributed by atoms with Crippen molar-refractivity contribution in [2.75, 3.05) is 45.3 Å². The fourth-order valence-electron chi connectivity index (χ4n) is 8.81. The number of aromatic hydroxyl groups is 1. The number of carboxylic acids is 1. The minimum Gasteiger partial charge on any atom is -0.508 e.